The van der Waals surface area contributed by atoms with Crippen LogP contribution in [0.15, 0.2) is 48.5 Å². The molecule has 158 valence electrons. The van der Waals surface area contributed by atoms with E-state index >= 15 is 0 Å². The van der Waals surface area contributed by atoms with Gasteiger partial charge in [0.25, 0.3) is 0 Å². The lowest BCUT2D eigenvalue weighted by Crippen LogP contribution is -2.34. The predicted molar refractivity (Wildman–Crippen MR) is 118 cm³/mol. The molecule has 5 nitrogen and oxygen atoms in total. The lowest BCUT2D eigenvalue weighted by Gasteiger charge is -2.32. The summed E-state index contributed by atoms with van der Waals surface area (Å²) in [5.41, 5.74) is 10.4. The molecule has 2 aromatic carbocycles. The molecule has 0 saturated heterocycles. The van der Waals surface area contributed by atoms with E-state index in [4.69, 9.17) is 10.5 Å². The Kier molecular flexibility index (Phi) is 7.22. The van der Waals surface area contributed by atoms with Crippen molar-refractivity contribution < 1.29 is 13.2 Å². The molecule has 1 fully saturated rings. The van der Waals surface area contributed by atoms with E-state index in [-0.39, 0.29) is 29.6 Å². The normalized spacial score (nSPS) is 21.1. The van der Waals surface area contributed by atoms with Gasteiger partial charge < -0.3 is 10.5 Å². The zero-order valence-electron chi connectivity index (χ0n) is 16.4. The fourth-order valence-electron chi connectivity index (χ4n) is 3.97. The number of benzene rings is 2. The molecule has 0 radical (unpaired) electrons. The van der Waals surface area contributed by atoms with Gasteiger partial charge in [0.2, 0.25) is 10.0 Å². The molecule has 2 aromatic rings. The van der Waals surface area contributed by atoms with E-state index in [9.17, 15) is 8.42 Å². The van der Waals surface area contributed by atoms with Gasteiger partial charge >= 0.3 is 0 Å². The summed E-state index contributed by atoms with van der Waals surface area (Å²) in [7, 11) is -3.15. The summed E-state index contributed by atoms with van der Waals surface area (Å²) >= 11 is 0. The van der Waals surface area contributed by atoms with Crippen molar-refractivity contribution >= 4 is 22.4 Å². The fourth-order valence-corrected chi connectivity index (χ4v) is 5.33. The second-order valence-electron chi connectivity index (χ2n) is 7.85. The van der Waals surface area contributed by atoms with Crippen LogP contribution in [0.2, 0.25) is 0 Å². The Morgan fingerprint density at radius 2 is 1.83 bits per heavy atom. The van der Waals surface area contributed by atoms with Crippen molar-refractivity contribution in [3.63, 3.8) is 0 Å². The van der Waals surface area contributed by atoms with Crippen LogP contribution >= 0.6 is 12.4 Å². The fraction of sp³-hybridized carbons (Fsp3) is 0.455. The molecule has 2 unspecified atom stereocenters. The molecule has 7 heteroatoms. The summed E-state index contributed by atoms with van der Waals surface area (Å²) in [5.74, 6) is 1.04. The van der Waals surface area contributed by atoms with Crippen molar-refractivity contribution in [2.24, 2.45) is 5.73 Å². The van der Waals surface area contributed by atoms with Crippen molar-refractivity contribution in [2.45, 2.75) is 49.3 Å². The molecular formula is C22H29ClN2O3S. The highest BCUT2D eigenvalue weighted by atomic mass is 35.5. The standard InChI is InChI=1S/C22H28N2O3S.ClH/c23-22-11-7-17-6-8-18(27-13-12-24-28(25,26)19-9-10-19)15-20(17)21(22)14-16-4-2-1-3-5-16;/h1-6,8,15,19,21-22,24H,7,9-14,23H2;1H. The van der Waals surface area contributed by atoms with Crippen LogP contribution in [0.3, 0.4) is 0 Å². The molecule has 4 rings (SSSR count). The Balaban J connectivity index is 0.00000240. The third-order valence-corrected chi connectivity index (χ3v) is 7.67. The summed E-state index contributed by atoms with van der Waals surface area (Å²) in [6.45, 7) is 0.614. The van der Waals surface area contributed by atoms with Gasteiger partial charge in [0, 0.05) is 18.5 Å². The van der Waals surface area contributed by atoms with E-state index in [1.54, 1.807) is 0 Å². The van der Waals surface area contributed by atoms with Crippen LogP contribution in [-0.4, -0.2) is 32.9 Å². The molecule has 1 saturated carbocycles. The molecule has 3 N–H and O–H groups in total. The first-order chi connectivity index (χ1) is 13.5. The van der Waals surface area contributed by atoms with Gasteiger partial charge in [-0.25, -0.2) is 13.1 Å². The van der Waals surface area contributed by atoms with Gasteiger partial charge in [0.05, 0.1) is 5.25 Å². The molecule has 2 atom stereocenters. The van der Waals surface area contributed by atoms with Crippen LogP contribution in [0.25, 0.3) is 0 Å². The summed E-state index contributed by atoms with van der Waals surface area (Å²) in [5, 5.41) is -0.198. The number of hydrogen-bond acceptors (Lipinski definition) is 4. The minimum Gasteiger partial charge on any atom is -0.492 e. The Labute approximate surface area is 179 Å². The zero-order chi connectivity index (χ0) is 19.6. The first-order valence-electron chi connectivity index (χ1n) is 10.1. The van der Waals surface area contributed by atoms with Crippen LogP contribution in [0.1, 0.15) is 41.9 Å². The number of aryl methyl sites for hydroxylation is 1. The zero-order valence-corrected chi connectivity index (χ0v) is 18.1. The van der Waals surface area contributed by atoms with Gasteiger partial charge in [0.1, 0.15) is 12.4 Å². The minimum atomic E-state index is -3.15. The summed E-state index contributed by atoms with van der Waals surface area (Å²) in [6.07, 6.45) is 4.44. The number of halogens is 1. The predicted octanol–water partition coefficient (Wildman–Crippen LogP) is 3.17. The summed E-state index contributed by atoms with van der Waals surface area (Å²) in [6, 6.07) is 16.8. The van der Waals surface area contributed by atoms with Crippen molar-refractivity contribution in [1.82, 2.24) is 4.72 Å². The topological polar surface area (TPSA) is 81.4 Å². The number of ether oxygens (including phenoxy) is 1. The molecule has 29 heavy (non-hydrogen) atoms. The smallest absolute Gasteiger partial charge is 0.214 e. The highest BCUT2D eigenvalue weighted by Gasteiger charge is 2.35. The van der Waals surface area contributed by atoms with Crippen molar-refractivity contribution in [3.8, 4) is 5.75 Å². The van der Waals surface area contributed by atoms with Crippen molar-refractivity contribution in [3.05, 3.63) is 65.2 Å². The molecule has 0 spiro atoms. The van der Waals surface area contributed by atoms with Crippen molar-refractivity contribution in [2.75, 3.05) is 13.2 Å². The van der Waals surface area contributed by atoms with E-state index in [2.05, 4.69) is 41.1 Å². The molecular weight excluding hydrogens is 408 g/mol. The van der Waals surface area contributed by atoms with Gasteiger partial charge in [-0.1, -0.05) is 36.4 Å². The van der Waals surface area contributed by atoms with Crippen LogP contribution in [0.5, 0.6) is 5.75 Å². The molecule has 0 bridgehead atoms. The number of hydrogen-bond donors (Lipinski definition) is 2. The molecule has 0 aromatic heterocycles. The van der Waals surface area contributed by atoms with E-state index in [1.807, 2.05) is 12.1 Å². The van der Waals surface area contributed by atoms with Gasteiger partial charge in [-0.05, 0) is 60.9 Å². The average Bonchev–Trinajstić information content (AvgIpc) is 3.54. The van der Waals surface area contributed by atoms with Crippen LogP contribution in [0, 0.1) is 0 Å². The second-order valence-corrected chi connectivity index (χ2v) is 9.89. The number of nitrogens with two attached hydrogens (primary N) is 1. The number of rotatable bonds is 8. The lowest BCUT2D eigenvalue weighted by molar-refractivity contribution is 0.321. The number of fused-ring (bicyclic) bond motifs is 1. The number of sulfonamides is 1. The SMILES string of the molecule is Cl.NC1CCc2ccc(OCCNS(=O)(=O)C3CC3)cc2C1Cc1ccccc1. The third-order valence-electron chi connectivity index (χ3n) is 5.72. The van der Waals surface area contributed by atoms with E-state index < -0.39 is 10.0 Å². The molecule has 2 aliphatic rings. The van der Waals surface area contributed by atoms with Crippen molar-refractivity contribution in [1.29, 1.82) is 0 Å². The maximum absolute atomic E-state index is 11.9. The quantitative estimate of drug-likeness (QED) is 0.623. The molecule has 2 aliphatic carbocycles. The van der Waals surface area contributed by atoms with Crippen LogP contribution in [-0.2, 0) is 22.9 Å². The number of nitrogens with one attached hydrogen (secondary N) is 1. The summed E-state index contributed by atoms with van der Waals surface area (Å²) < 4.78 is 32.2. The van der Waals surface area contributed by atoms with E-state index in [0.717, 1.165) is 37.9 Å². The largest absolute Gasteiger partial charge is 0.492 e. The Morgan fingerprint density at radius 1 is 1.07 bits per heavy atom. The highest BCUT2D eigenvalue weighted by Crippen LogP contribution is 2.35. The monoisotopic (exact) mass is 436 g/mol. The van der Waals surface area contributed by atoms with E-state index in [0.29, 0.717) is 13.2 Å². The maximum atomic E-state index is 11.9. The Morgan fingerprint density at radius 3 is 2.55 bits per heavy atom. The molecule has 0 amide bonds. The average molecular weight is 437 g/mol. The molecule has 0 heterocycles. The first kappa shape index (κ1) is 22.1. The minimum absolute atomic E-state index is 0. The maximum Gasteiger partial charge on any atom is 0.214 e. The van der Waals surface area contributed by atoms with Crippen LogP contribution < -0.4 is 15.2 Å². The Bertz CT molecular complexity index is 917. The van der Waals surface area contributed by atoms with Gasteiger partial charge in [-0.15, -0.1) is 12.4 Å². The lowest BCUT2D eigenvalue weighted by atomic mass is 9.76. The molecule has 0 aliphatic heterocycles. The van der Waals surface area contributed by atoms with E-state index in [1.165, 1.54) is 16.7 Å². The Hall–Kier alpha value is -1.60. The van der Waals surface area contributed by atoms with Gasteiger partial charge in [-0.3, -0.25) is 0 Å². The highest BCUT2D eigenvalue weighted by molar-refractivity contribution is 7.90. The first-order valence-corrected chi connectivity index (χ1v) is 11.6. The van der Waals surface area contributed by atoms with Gasteiger partial charge in [0.15, 0.2) is 0 Å². The van der Waals surface area contributed by atoms with Crippen LogP contribution in [0.4, 0.5) is 0 Å². The third kappa shape index (κ3) is 5.51. The second kappa shape index (κ2) is 9.47. The summed E-state index contributed by atoms with van der Waals surface area (Å²) in [4.78, 5) is 0. The van der Waals surface area contributed by atoms with Gasteiger partial charge in [-0.2, -0.15) is 0 Å².